The molecule has 1 atom stereocenters. The first-order valence-electron chi connectivity index (χ1n) is 11.2. The number of benzene rings is 2. The van der Waals surface area contributed by atoms with Gasteiger partial charge in [0.15, 0.2) is 5.76 Å². The van der Waals surface area contributed by atoms with Gasteiger partial charge in [-0.15, -0.1) is 0 Å². The topological polar surface area (TPSA) is 75.0 Å². The van der Waals surface area contributed by atoms with Crippen molar-refractivity contribution in [1.82, 2.24) is 4.90 Å². The molecule has 2 heterocycles. The highest BCUT2D eigenvalue weighted by molar-refractivity contribution is 6.33. The lowest BCUT2D eigenvalue weighted by Crippen LogP contribution is -2.37. The molecule has 1 unspecified atom stereocenters. The lowest BCUT2D eigenvalue weighted by atomic mass is 10.1. The molecular formula is C26H28ClN3O4. The Morgan fingerprint density at radius 1 is 1.12 bits per heavy atom. The Bertz CT molecular complexity index is 1140. The molecular weight excluding hydrogens is 454 g/mol. The Kier molecular flexibility index (Phi) is 7.55. The maximum atomic E-state index is 13.5. The zero-order valence-electron chi connectivity index (χ0n) is 19.3. The van der Waals surface area contributed by atoms with Crippen molar-refractivity contribution in [2.45, 2.75) is 25.5 Å². The number of halogens is 1. The standard InChI is InChI=1S/C26H28ClN3O4/c1-29(2)23-12-11-19(28-25(31)24-10-6-14-34-24)15-18(23)16-30(17-20-7-5-13-33-20)26(32)21-8-3-4-9-22(21)27/h3-4,6,8-12,14-15,20H,5,7,13,16-17H2,1-2H3,(H,28,31). The van der Waals surface area contributed by atoms with Gasteiger partial charge in [0.1, 0.15) is 0 Å². The SMILES string of the molecule is CN(C)c1ccc(NC(=O)c2ccco2)cc1CN(CC1CCCO1)C(=O)c1ccccc1Cl. The molecule has 1 aliphatic rings. The van der Waals surface area contributed by atoms with Gasteiger partial charge in [-0.25, -0.2) is 0 Å². The number of anilines is 2. The Labute approximate surface area is 204 Å². The molecule has 1 saturated heterocycles. The summed E-state index contributed by atoms with van der Waals surface area (Å²) in [5, 5.41) is 3.28. The van der Waals surface area contributed by atoms with Crippen molar-refractivity contribution in [3.05, 3.63) is 82.8 Å². The predicted molar refractivity (Wildman–Crippen MR) is 133 cm³/mol. The van der Waals surface area contributed by atoms with E-state index in [1.165, 1.54) is 6.26 Å². The van der Waals surface area contributed by atoms with E-state index in [9.17, 15) is 9.59 Å². The molecule has 2 aromatic carbocycles. The number of hydrogen-bond acceptors (Lipinski definition) is 5. The Hall–Kier alpha value is -3.29. The van der Waals surface area contributed by atoms with E-state index in [4.69, 9.17) is 20.8 Å². The van der Waals surface area contributed by atoms with Crippen LogP contribution in [0.3, 0.4) is 0 Å². The highest BCUT2D eigenvalue weighted by Gasteiger charge is 2.26. The first-order chi connectivity index (χ1) is 16.4. The first kappa shape index (κ1) is 23.9. The van der Waals surface area contributed by atoms with Gasteiger partial charge in [-0.05, 0) is 60.9 Å². The molecule has 0 bridgehead atoms. The number of furan rings is 1. The number of nitrogens with one attached hydrogen (secondary N) is 1. The van der Waals surface area contributed by atoms with Gasteiger partial charge in [0.25, 0.3) is 11.8 Å². The van der Waals surface area contributed by atoms with E-state index in [1.807, 2.05) is 37.2 Å². The molecule has 0 saturated carbocycles. The van der Waals surface area contributed by atoms with Gasteiger partial charge in [-0.1, -0.05) is 23.7 Å². The van der Waals surface area contributed by atoms with E-state index in [2.05, 4.69) is 5.32 Å². The summed E-state index contributed by atoms with van der Waals surface area (Å²) in [6.45, 7) is 1.50. The molecule has 1 N–H and O–H groups in total. The molecule has 8 heteroatoms. The number of carbonyl (C=O) groups is 2. The van der Waals surface area contributed by atoms with Gasteiger partial charge in [0, 0.05) is 45.2 Å². The smallest absolute Gasteiger partial charge is 0.291 e. The van der Waals surface area contributed by atoms with Gasteiger partial charge in [0.05, 0.1) is 23.0 Å². The van der Waals surface area contributed by atoms with Crippen LogP contribution in [-0.2, 0) is 11.3 Å². The fraction of sp³-hybridized carbons (Fsp3) is 0.308. The normalized spacial score (nSPS) is 15.2. The van der Waals surface area contributed by atoms with E-state index in [1.54, 1.807) is 41.3 Å². The molecule has 0 aliphatic carbocycles. The van der Waals surface area contributed by atoms with Crippen molar-refractivity contribution in [2.75, 3.05) is 37.5 Å². The quantitative estimate of drug-likeness (QED) is 0.486. The minimum Gasteiger partial charge on any atom is -0.459 e. The summed E-state index contributed by atoms with van der Waals surface area (Å²) in [7, 11) is 3.89. The Balaban J connectivity index is 1.63. The first-order valence-corrected chi connectivity index (χ1v) is 11.6. The molecule has 0 spiro atoms. The van der Waals surface area contributed by atoms with E-state index in [0.717, 1.165) is 24.1 Å². The van der Waals surface area contributed by atoms with Crippen LogP contribution in [0, 0.1) is 0 Å². The van der Waals surface area contributed by atoms with Crippen molar-refractivity contribution >= 4 is 34.8 Å². The van der Waals surface area contributed by atoms with Gasteiger partial charge >= 0.3 is 0 Å². The predicted octanol–water partition coefficient (Wildman–Crippen LogP) is 5.07. The fourth-order valence-corrected chi connectivity index (χ4v) is 4.31. The molecule has 1 fully saturated rings. The average Bonchev–Trinajstić information content (AvgIpc) is 3.53. The van der Waals surface area contributed by atoms with Gasteiger partial charge < -0.3 is 24.3 Å². The number of carbonyl (C=O) groups excluding carboxylic acids is 2. The third kappa shape index (κ3) is 5.61. The highest BCUT2D eigenvalue weighted by atomic mass is 35.5. The molecule has 7 nitrogen and oxygen atoms in total. The second kappa shape index (κ2) is 10.8. The molecule has 34 heavy (non-hydrogen) atoms. The third-order valence-corrected chi connectivity index (χ3v) is 6.09. The molecule has 2 amide bonds. The van der Waals surface area contributed by atoms with Crippen LogP contribution in [0.15, 0.2) is 65.3 Å². The lowest BCUT2D eigenvalue weighted by molar-refractivity contribution is 0.0507. The zero-order valence-corrected chi connectivity index (χ0v) is 20.0. The summed E-state index contributed by atoms with van der Waals surface area (Å²) in [5.41, 5.74) is 2.90. The fourth-order valence-electron chi connectivity index (χ4n) is 4.09. The van der Waals surface area contributed by atoms with Crippen LogP contribution < -0.4 is 10.2 Å². The number of hydrogen-bond donors (Lipinski definition) is 1. The van der Waals surface area contributed by atoms with Crippen LogP contribution in [0.5, 0.6) is 0 Å². The second-order valence-electron chi connectivity index (χ2n) is 8.47. The maximum absolute atomic E-state index is 13.5. The van der Waals surface area contributed by atoms with Crippen molar-refractivity contribution in [1.29, 1.82) is 0 Å². The van der Waals surface area contributed by atoms with Crippen molar-refractivity contribution in [3.63, 3.8) is 0 Å². The summed E-state index contributed by atoms with van der Waals surface area (Å²) in [6.07, 6.45) is 3.33. The summed E-state index contributed by atoms with van der Waals surface area (Å²) in [6, 6.07) is 16.0. The largest absolute Gasteiger partial charge is 0.459 e. The van der Waals surface area contributed by atoms with E-state index >= 15 is 0 Å². The number of ether oxygens (including phenoxy) is 1. The third-order valence-electron chi connectivity index (χ3n) is 5.76. The van der Waals surface area contributed by atoms with Crippen LogP contribution in [0.1, 0.15) is 39.3 Å². The van der Waals surface area contributed by atoms with Crippen molar-refractivity contribution < 1.29 is 18.7 Å². The summed E-state index contributed by atoms with van der Waals surface area (Å²) in [4.78, 5) is 29.8. The Morgan fingerprint density at radius 2 is 1.94 bits per heavy atom. The van der Waals surface area contributed by atoms with Gasteiger partial charge in [0.2, 0.25) is 0 Å². The molecule has 178 valence electrons. The minimum absolute atomic E-state index is 0.0175. The van der Waals surface area contributed by atoms with E-state index in [0.29, 0.717) is 36.0 Å². The van der Waals surface area contributed by atoms with Crippen LogP contribution >= 0.6 is 11.6 Å². The van der Waals surface area contributed by atoms with Crippen LogP contribution in [0.4, 0.5) is 11.4 Å². The summed E-state index contributed by atoms with van der Waals surface area (Å²) < 4.78 is 11.0. The zero-order chi connectivity index (χ0) is 24.1. The summed E-state index contributed by atoms with van der Waals surface area (Å²) >= 11 is 6.35. The highest BCUT2D eigenvalue weighted by Crippen LogP contribution is 2.27. The summed E-state index contributed by atoms with van der Waals surface area (Å²) in [5.74, 6) is -0.264. The van der Waals surface area contributed by atoms with Gasteiger partial charge in [-0.2, -0.15) is 0 Å². The van der Waals surface area contributed by atoms with Crippen LogP contribution in [0.2, 0.25) is 5.02 Å². The number of nitrogens with zero attached hydrogens (tertiary/aromatic N) is 2. The second-order valence-corrected chi connectivity index (χ2v) is 8.88. The number of rotatable bonds is 8. The molecule has 4 rings (SSSR count). The monoisotopic (exact) mass is 481 g/mol. The molecule has 3 aromatic rings. The van der Waals surface area contributed by atoms with Gasteiger partial charge in [-0.3, -0.25) is 9.59 Å². The Morgan fingerprint density at radius 3 is 2.62 bits per heavy atom. The molecule has 1 aromatic heterocycles. The van der Waals surface area contributed by atoms with Crippen molar-refractivity contribution in [3.8, 4) is 0 Å². The average molecular weight is 482 g/mol. The van der Waals surface area contributed by atoms with Crippen LogP contribution in [-0.4, -0.2) is 50.1 Å². The van der Waals surface area contributed by atoms with Crippen molar-refractivity contribution in [2.24, 2.45) is 0 Å². The van der Waals surface area contributed by atoms with Crippen LogP contribution in [0.25, 0.3) is 0 Å². The lowest BCUT2D eigenvalue weighted by Gasteiger charge is -2.28. The van der Waals surface area contributed by atoms with E-state index < -0.39 is 0 Å². The maximum Gasteiger partial charge on any atom is 0.291 e. The number of amides is 2. The minimum atomic E-state index is -0.336. The molecule has 0 radical (unpaired) electrons. The van der Waals surface area contributed by atoms with E-state index in [-0.39, 0.29) is 23.7 Å². The molecule has 1 aliphatic heterocycles.